The number of carboxylic acids is 1. The van der Waals surface area contributed by atoms with Crippen molar-refractivity contribution < 1.29 is 9.90 Å². The van der Waals surface area contributed by atoms with Crippen molar-refractivity contribution >= 4 is 28.7 Å². The fourth-order valence-corrected chi connectivity index (χ4v) is 3.76. The Morgan fingerprint density at radius 2 is 2.14 bits per heavy atom. The first kappa shape index (κ1) is 14.8. The molecule has 2 aromatic rings. The Morgan fingerprint density at radius 1 is 1.32 bits per heavy atom. The molecule has 0 amide bonds. The summed E-state index contributed by atoms with van der Waals surface area (Å²) in [5, 5.41) is 15.8. The van der Waals surface area contributed by atoms with E-state index in [1.54, 1.807) is 11.3 Å². The molecule has 1 heterocycles. The molecule has 2 N–H and O–H groups in total. The number of hydrogen-bond acceptors (Lipinski definition) is 4. The molecule has 1 aliphatic rings. The predicted octanol–water partition coefficient (Wildman–Crippen LogP) is 3.99. The van der Waals surface area contributed by atoms with Crippen LogP contribution in [0.25, 0.3) is 0 Å². The number of para-hydroxylation sites is 1. The van der Waals surface area contributed by atoms with Gasteiger partial charge in [-0.1, -0.05) is 18.2 Å². The monoisotopic (exact) mass is 314 g/mol. The van der Waals surface area contributed by atoms with E-state index in [9.17, 15) is 9.90 Å². The van der Waals surface area contributed by atoms with Crippen LogP contribution in [0.2, 0.25) is 0 Å². The molecule has 0 saturated carbocycles. The van der Waals surface area contributed by atoms with Gasteiger partial charge >= 0.3 is 5.97 Å². The summed E-state index contributed by atoms with van der Waals surface area (Å²) >= 11 is 1.73. The Balaban J connectivity index is 1.92. The lowest BCUT2D eigenvalue weighted by Gasteiger charge is -2.15. The summed E-state index contributed by atoms with van der Waals surface area (Å²) in [5.41, 5.74) is 5.97. The highest BCUT2D eigenvalue weighted by Crippen LogP contribution is 2.30. The van der Waals surface area contributed by atoms with Gasteiger partial charge in [0.05, 0.1) is 17.8 Å². The summed E-state index contributed by atoms with van der Waals surface area (Å²) in [7, 11) is 0. The van der Waals surface area contributed by atoms with Crippen LogP contribution in [0.1, 0.15) is 29.7 Å². The molecule has 3 rings (SSSR count). The zero-order valence-corrected chi connectivity index (χ0v) is 13.0. The van der Waals surface area contributed by atoms with Crippen molar-refractivity contribution in [2.75, 3.05) is 5.43 Å². The van der Waals surface area contributed by atoms with Gasteiger partial charge in [-0.05, 0) is 42.8 Å². The number of hydrogen-bond donors (Lipinski definition) is 2. The van der Waals surface area contributed by atoms with E-state index >= 15 is 0 Å². The standard InChI is InChI=1S/C17H18N2O2S/c20-16(21)11-12-5-4-8-15-14(9-10-22-15)17(12)19-18-13-6-2-1-3-7-13/h1-3,6-7,9-10,12,18H,4-5,8,11H2,(H,20,21)/b19-17+. The number of anilines is 1. The van der Waals surface area contributed by atoms with Crippen molar-refractivity contribution in [3.05, 3.63) is 52.2 Å². The smallest absolute Gasteiger partial charge is 0.304 e. The maximum absolute atomic E-state index is 11.2. The number of rotatable bonds is 4. The predicted molar refractivity (Wildman–Crippen MR) is 89.6 cm³/mol. The van der Waals surface area contributed by atoms with Gasteiger partial charge in [-0.15, -0.1) is 11.3 Å². The second-order valence-electron chi connectivity index (χ2n) is 5.42. The van der Waals surface area contributed by atoms with E-state index in [2.05, 4.69) is 22.0 Å². The Labute approximate surface area is 133 Å². The van der Waals surface area contributed by atoms with Crippen molar-refractivity contribution in [3.8, 4) is 0 Å². The summed E-state index contributed by atoms with van der Waals surface area (Å²) in [5.74, 6) is -0.805. The van der Waals surface area contributed by atoms with Crippen LogP contribution in [0.15, 0.2) is 46.9 Å². The molecule has 5 heteroatoms. The molecular formula is C17H18N2O2S. The average Bonchev–Trinajstić information content (AvgIpc) is 2.90. The van der Waals surface area contributed by atoms with E-state index in [0.29, 0.717) is 0 Å². The van der Waals surface area contributed by atoms with Gasteiger partial charge in [0, 0.05) is 16.4 Å². The number of carbonyl (C=O) groups is 1. The summed E-state index contributed by atoms with van der Waals surface area (Å²) in [6, 6.07) is 11.8. The van der Waals surface area contributed by atoms with E-state index in [4.69, 9.17) is 0 Å². The maximum Gasteiger partial charge on any atom is 0.304 e. The van der Waals surface area contributed by atoms with Gasteiger partial charge in [0.2, 0.25) is 0 Å². The van der Waals surface area contributed by atoms with Crippen LogP contribution >= 0.6 is 11.3 Å². The van der Waals surface area contributed by atoms with E-state index in [-0.39, 0.29) is 12.3 Å². The number of benzene rings is 1. The van der Waals surface area contributed by atoms with Crippen molar-refractivity contribution in [3.63, 3.8) is 0 Å². The van der Waals surface area contributed by atoms with E-state index in [1.807, 2.05) is 30.3 Å². The number of nitrogens with one attached hydrogen (secondary N) is 1. The quantitative estimate of drug-likeness (QED) is 0.662. The Kier molecular flexibility index (Phi) is 4.53. The molecule has 114 valence electrons. The molecule has 0 spiro atoms. The van der Waals surface area contributed by atoms with Gasteiger partial charge in [0.15, 0.2) is 0 Å². The van der Waals surface area contributed by atoms with E-state index in [0.717, 1.165) is 36.2 Å². The largest absolute Gasteiger partial charge is 0.481 e. The normalized spacial score (nSPS) is 19.5. The topological polar surface area (TPSA) is 61.7 Å². The van der Waals surface area contributed by atoms with Crippen LogP contribution in [0.3, 0.4) is 0 Å². The number of thiophene rings is 1. The van der Waals surface area contributed by atoms with Crippen molar-refractivity contribution in [1.29, 1.82) is 0 Å². The highest BCUT2D eigenvalue weighted by atomic mass is 32.1. The Bertz CT molecular complexity index is 679. The second kappa shape index (κ2) is 6.75. The van der Waals surface area contributed by atoms with Crippen molar-refractivity contribution in [2.24, 2.45) is 11.0 Å². The van der Waals surface area contributed by atoms with Gasteiger partial charge in [0.1, 0.15) is 0 Å². The van der Waals surface area contributed by atoms with Gasteiger partial charge in [-0.2, -0.15) is 5.10 Å². The number of aryl methyl sites for hydroxylation is 1. The van der Waals surface area contributed by atoms with Crippen LogP contribution < -0.4 is 5.43 Å². The minimum absolute atomic E-state index is 0.0374. The molecular weight excluding hydrogens is 296 g/mol. The fraction of sp³-hybridized carbons (Fsp3) is 0.294. The fourth-order valence-electron chi connectivity index (χ4n) is 2.83. The molecule has 0 fully saturated rings. The summed E-state index contributed by atoms with van der Waals surface area (Å²) in [4.78, 5) is 12.5. The first-order chi connectivity index (χ1) is 10.7. The molecule has 0 saturated heterocycles. The minimum Gasteiger partial charge on any atom is -0.481 e. The molecule has 4 nitrogen and oxygen atoms in total. The third-order valence-electron chi connectivity index (χ3n) is 3.86. The molecule has 0 aliphatic heterocycles. The zero-order chi connectivity index (χ0) is 15.4. The van der Waals surface area contributed by atoms with Crippen LogP contribution in [-0.2, 0) is 11.2 Å². The SMILES string of the molecule is O=C(O)CC1CCCc2sccc2/C1=N/Nc1ccccc1. The molecule has 1 unspecified atom stereocenters. The van der Waals surface area contributed by atoms with Gasteiger partial charge < -0.3 is 5.11 Å². The molecule has 22 heavy (non-hydrogen) atoms. The highest BCUT2D eigenvalue weighted by molar-refractivity contribution is 7.10. The zero-order valence-electron chi connectivity index (χ0n) is 12.2. The number of fused-ring (bicyclic) bond motifs is 1. The third-order valence-corrected chi connectivity index (χ3v) is 4.85. The molecule has 1 aromatic heterocycles. The van der Waals surface area contributed by atoms with Crippen LogP contribution in [0.5, 0.6) is 0 Å². The Morgan fingerprint density at radius 3 is 2.91 bits per heavy atom. The first-order valence-electron chi connectivity index (χ1n) is 7.41. The number of carboxylic acid groups (broad SMARTS) is 1. The Hall–Kier alpha value is -2.14. The van der Waals surface area contributed by atoms with Gasteiger partial charge in [-0.25, -0.2) is 0 Å². The molecule has 1 atom stereocenters. The summed E-state index contributed by atoms with van der Waals surface area (Å²) in [6.45, 7) is 0. The lowest BCUT2D eigenvalue weighted by Crippen LogP contribution is -2.20. The average molecular weight is 314 g/mol. The number of nitrogens with zero attached hydrogens (tertiary/aromatic N) is 1. The van der Waals surface area contributed by atoms with Crippen molar-refractivity contribution in [2.45, 2.75) is 25.7 Å². The molecule has 1 aliphatic carbocycles. The van der Waals surface area contributed by atoms with Crippen LogP contribution in [0.4, 0.5) is 5.69 Å². The van der Waals surface area contributed by atoms with Crippen molar-refractivity contribution in [1.82, 2.24) is 0 Å². The minimum atomic E-state index is -0.768. The highest BCUT2D eigenvalue weighted by Gasteiger charge is 2.26. The van der Waals surface area contributed by atoms with Gasteiger partial charge in [0.25, 0.3) is 0 Å². The molecule has 0 bridgehead atoms. The third kappa shape index (κ3) is 3.36. The maximum atomic E-state index is 11.2. The van der Waals surface area contributed by atoms with Gasteiger partial charge in [-0.3, -0.25) is 10.2 Å². The lowest BCUT2D eigenvalue weighted by atomic mass is 9.93. The summed E-state index contributed by atoms with van der Waals surface area (Å²) < 4.78 is 0. The molecule has 1 aromatic carbocycles. The first-order valence-corrected chi connectivity index (χ1v) is 8.29. The molecule has 0 radical (unpaired) electrons. The second-order valence-corrected chi connectivity index (χ2v) is 6.42. The number of aliphatic carboxylic acids is 1. The van der Waals surface area contributed by atoms with E-state index in [1.165, 1.54) is 4.88 Å². The summed E-state index contributed by atoms with van der Waals surface area (Å²) in [6.07, 6.45) is 3.01. The lowest BCUT2D eigenvalue weighted by molar-refractivity contribution is -0.137. The van der Waals surface area contributed by atoms with Crippen LogP contribution in [-0.4, -0.2) is 16.8 Å². The van der Waals surface area contributed by atoms with E-state index < -0.39 is 5.97 Å². The number of hydrazone groups is 1. The van der Waals surface area contributed by atoms with Crippen LogP contribution in [0, 0.1) is 5.92 Å².